The average Bonchev–Trinajstić information content (AvgIpc) is 3.34. The Kier molecular flexibility index (Phi) is 4.09. The molecule has 0 saturated heterocycles. The van der Waals surface area contributed by atoms with Crippen molar-refractivity contribution in [3.8, 4) is 0 Å². The molecular weight excluding hydrogens is 268 g/mol. The SMILES string of the molecule is O=C(NC1(C(=O)O)CCCCC1)N(CC1CC1)CC1CC1. The quantitative estimate of drug-likeness (QED) is 0.791. The lowest BCUT2D eigenvalue weighted by atomic mass is 9.82. The van der Waals surface area contributed by atoms with Crippen molar-refractivity contribution in [2.24, 2.45) is 11.8 Å². The monoisotopic (exact) mass is 294 g/mol. The van der Waals surface area contributed by atoms with Crippen LogP contribution in [-0.2, 0) is 4.79 Å². The van der Waals surface area contributed by atoms with E-state index in [0.717, 1.165) is 32.4 Å². The zero-order valence-corrected chi connectivity index (χ0v) is 12.6. The van der Waals surface area contributed by atoms with E-state index in [1.54, 1.807) is 0 Å². The number of nitrogens with zero attached hydrogens (tertiary/aromatic N) is 1. The molecule has 2 amide bonds. The van der Waals surface area contributed by atoms with Gasteiger partial charge in [0.15, 0.2) is 0 Å². The molecule has 3 aliphatic rings. The third-order valence-electron chi connectivity index (χ3n) is 5.10. The molecule has 0 atom stereocenters. The minimum absolute atomic E-state index is 0.155. The fourth-order valence-corrected chi connectivity index (χ4v) is 3.30. The van der Waals surface area contributed by atoms with Gasteiger partial charge in [0.05, 0.1) is 0 Å². The average molecular weight is 294 g/mol. The summed E-state index contributed by atoms with van der Waals surface area (Å²) in [6, 6.07) is -0.155. The van der Waals surface area contributed by atoms with Crippen LogP contribution in [0.15, 0.2) is 0 Å². The van der Waals surface area contributed by atoms with E-state index in [-0.39, 0.29) is 6.03 Å². The molecule has 3 rings (SSSR count). The highest BCUT2D eigenvalue weighted by atomic mass is 16.4. The van der Waals surface area contributed by atoms with Gasteiger partial charge in [-0.1, -0.05) is 19.3 Å². The maximum atomic E-state index is 12.6. The van der Waals surface area contributed by atoms with Crippen molar-refractivity contribution in [1.82, 2.24) is 10.2 Å². The molecule has 118 valence electrons. The van der Waals surface area contributed by atoms with Crippen LogP contribution in [0, 0.1) is 11.8 Å². The van der Waals surface area contributed by atoms with Crippen molar-refractivity contribution in [3.05, 3.63) is 0 Å². The predicted octanol–water partition coefficient (Wildman–Crippen LogP) is 2.61. The highest BCUT2D eigenvalue weighted by molar-refractivity contribution is 5.86. The number of nitrogens with one attached hydrogen (secondary N) is 1. The van der Waals surface area contributed by atoms with Crippen molar-refractivity contribution in [2.75, 3.05) is 13.1 Å². The summed E-state index contributed by atoms with van der Waals surface area (Å²) in [4.78, 5) is 26.2. The van der Waals surface area contributed by atoms with Gasteiger partial charge >= 0.3 is 12.0 Å². The molecule has 5 nitrogen and oxygen atoms in total. The van der Waals surface area contributed by atoms with Gasteiger partial charge in [0.2, 0.25) is 0 Å². The summed E-state index contributed by atoms with van der Waals surface area (Å²) >= 11 is 0. The van der Waals surface area contributed by atoms with Crippen molar-refractivity contribution in [2.45, 2.75) is 63.3 Å². The van der Waals surface area contributed by atoms with Gasteiger partial charge in [-0.15, -0.1) is 0 Å². The van der Waals surface area contributed by atoms with Gasteiger partial charge < -0.3 is 15.3 Å². The summed E-state index contributed by atoms with van der Waals surface area (Å²) in [5.41, 5.74) is -1.03. The van der Waals surface area contributed by atoms with E-state index in [4.69, 9.17) is 0 Å². The normalized spacial score (nSPS) is 24.4. The van der Waals surface area contributed by atoms with Gasteiger partial charge in [-0.3, -0.25) is 0 Å². The third-order valence-corrected chi connectivity index (χ3v) is 5.10. The minimum Gasteiger partial charge on any atom is -0.480 e. The summed E-state index contributed by atoms with van der Waals surface area (Å²) in [5.74, 6) is 0.414. The molecule has 5 heteroatoms. The standard InChI is InChI=1S/C16H26N2O3/c19-14(20)16(8-2-1-3-9-16)17-15(21)18(10-12-4-5-12)11-13-6-7-13/h12-13H,1-11H2,(H,17,21)(H,19,20). The second-order valence-electron chi connectivity index (χ2n) is 7.17. The molecule has 0 aromatic rings. The second-order valence-corrected chi connectivity index (χ2v) is 7.17. The molecule has 0 heterocycles. The number of aliphatic carboxylic acids is 1. The number of rotatable bonds is 6. The van der Waals surface area contributed by atoms with Crippen LogP contribution < -0.4 is 5.32 Å². The third kappa shape index (κ3) is 3.69. The van der Waals surface area contributed by atoms with Gasteiger partial charge in [-0.05, 0) is 50.4 Å². The number of hydrogen-bond donors (Lipinski definition) is 2. The molecule has 3 fully saturated rings. The largest absolute Gasteiger partial charge is 0.480 e. The smallest absolute Gasteiger partial charge is 0.329 e. The molecular formula is C16H26N2O3. The molecule has 21 heavy (non-hydrogen) atoms. The van der Waals surface area contributed by atoms with Crippen molar-refractivity contribution < 1.29 is 14.7 Å². The van der Waals surface area contributed by atoms with Gasteiger partial charge in [0.1, 0.15) is 5.54 Å². The Balaban J connectivity index is 1.63. The lowest BCUT2D eigenvalue weighted by molar-refractivity contribution is -0.146. The van der Waals surface area contributed by atoms with E-state index in [9.17, 15) is 14.7 Å². The predicted molar refractivity (Wildman–Crippen MR) is 79.0 cm³/mol. The fourth-order valence-electron chi connectivity index (χ4n) is 3.30. The Morgan fingerprint density at radius 3 is 1.95 bits per heavy atom. The van der Waals surface area contributed by atoms with Crippen molar-refractivity contribution in [1.29, 1.82) is 0 Å². The van der Waals surface area contributed by atoms with Gasteiger partial charge in [0, 0.05) is 13.1 Å². The lowest BCUT2D eigenvalue weighted by Gasteiger charge is -2.36. The Morgan fingerprint density at radius 1 is 1.00 bits per heavy atom. The van der Waals surface area contributed by atoms with E-state index in [1.807, 2.05) is 4.90 Å². The molecule has 0 bridgehead atoms. The Morgan fingerprint density at radius 2 is 1.52 bits per heavy atom. The first-order valence-electron chi connectivity index (χ1n) is 8.39. The molecule has 0 spiro atoms. The molecule has 0 aromatic heterocycles. The molecule has 0 unspecified atom stereocenters. The number of carboxylic acid groups (broad SMARTS) is 1. The van der Waals surface area contributed by atoms with E-state index in [0.29, 0.717) is 24.7 Å². The maximum absolute atomic E-state index is 12.6. The number of hydrogen-bond acceptors (Lipinski definition) is 2. The number of carbonyl (C=O) groups is 2. The molecule has 3 aliphatic carbocycles. The Bertz CT molecular complexity index is 396. The second kappa shape index (κ2) is 5.85. The fraction of sp³-hybridized carbons (Fsp3) is 0.875. The van der Waals surface area contributed by atoms with Crippen LogP contribution in [0.3, 0.4) is 0 Å². The van der Waals surface area contributed by atoms with Crippen molar-refractivity contribution in [3.63, 3.8) is 0 Å². The van der Waals surface area contributed by atoms with Gasteiger partial charge in [0.25, 0.3) is 0 Å². The Labute approximate surface area is 126 Å². The highest BCUT2D eigenvalue weighted by Crippen LogP contribution is 2.34. The van der Waals surface area contributed by atoms with Gasteiger partial charge in [-0.2, -0.15) is 0 Å². The summed E-state index contributed by atoms with van der Waals surface area (Å²) < 4.78 is 0. The topological polar surface area (TPSA) is 69.6 Å². The number of carboxylic acids is 1. The zero-order valence-electron chi connectivity index (χ0n) is 12.6. The first kappa shape index (κ1) is 14.7. The van der Waals surface area contributed by atoms with E-state index >= 15 is 0 Å². The van der Waals surface area contributed by atoms with E-state index in [2.05, 4.69) is 5.32 Å². The molecule has 2 N–H and O–H groups in total. The molecule has 0 radical (unpaired) electrons. The highest BCUT2D eigenvalue weighted by Gasteiger charge is 2.42. The minimum atomic E-state index is -1.03. The van der Waals surface area contributed by atoms with Crippen molar-refractivity contribution >= 4 is 12.0 Å². The van der Waals surface area contributed by atoms with E-state index in [1.165, 1.54) is 25.7 Å². The van der Waals surface area contributed by atoms with Crippen LogP contribution in [0.25, 0.3) is 0 Å². The molecule has 0 aromatic carbocycles. The summed E-state index contributed by atoms with van der Waals surface area (Å²) in [6.45, 7) is 1.61. The Hall–Kier alpha value is -1.26. The lowest BCUT2D eigenvalue weighted by Crippen LogP contribution is -2.59. The summed E-state index contributed by atoms with van der Waals surface area (Å²) in [7, 11) is 0. The summed E-state index contributed by atoms with van der Waals surface area (Å²) in [5, 5.41) is 12.5. The first-order chi connectivity index (χ1) is 10.1. The summed E-state index contributed by atoms with van der Waals surface area (Å²) in [6.07, 6.45) is 8.80. The molecule has 0 aliphatic heterocycles. The van der Waals surface area contributed by atoms with Crippen LogP contribution in [0.1, 0.15) is 57.8 Å². The van der Waals surface area contributed by atoms with Crippen LogP contribution in [0.4, 0.5) is 4.79 Å². The zero-order chi connectivity index (χ0) is 14.9. The van der Waals surface area contributed by atoms with Crippen LogP contribution >= 0.6 is 0 Å². The number of carbonyl (C=O) groups excluding carboxylic acids is 1. The number of urea groups is 1. The first-order valence-corrected chi connectivity index (χ1v) is 8.39. The van der Waals surface area contributed by atoms with Crippen LogP contribution in [-0.4, -0.2) is 40.6 Å². The maximum Gasteiger partial charge on any atom is 0.329 e. The van der Waals surface area contributed by atoms with Gasteiger partial charge in [-0.25, -0.2) is 9.59 Å². The number of amides is 2. The molecule has 3 saturated carbocycles. The van der Waals surface area contributed by atoms with E-state index < -0.39 is 11.5 Å². The van der Waals surface area contributed by atoms with Crippen LogP contribution in [0.5, 0.6) is 0 Å². The van der Waals surface area contributed by atoms with Crippen LogP contribution in [0.2, 0.25) is 0 Å².